The molecule has 0 spiro atoms. The Hall–Kier alpha value is -0.900. The van der Waals surface area contributed by atoms with Gasteiger partial charge in [0.05, 0.1) is 0 Å². The monoisotopic (exact) mass is 204 g/mol. The van der Waals surface area contributed by atoms with Crippen LogP contribution >= 0.6 is 0 Å². The predicted molar refractivity (Wildman–Crippen MR) is 52.0 cm³/mol. The van der Waals surface area contributed by atoms with Crippen molar-refractivity contribution in [3.05, 3.63) is 35.4 Å². The van der Waals surface area contributed by atoms with Crippen molar-refractivity contribution in [1.82, 2.24) is 0 Å². The Morgan fingerprint density at radius 3 is 1.87 bits per heavy atom. The highest BCUT2D eigenvalue weighted by Gasteiger charge is 2.72. The molecule has 3 heterocycles. The third-order valence-corrected chi connectivity index (χ3v) is 3.96. The SMILES string of the molecule is CC12OOC(C)(c3ccccc31)C1OC12. The van der Waals surface area contributed by atoms with E-state index in [9.17, 15) is 0 Å². The Kier molecular flexibility index (Phi) is 1.17. The van der Waals surface area contributed by atoms with Crippen LogP contribution < -0.4 is 0 Å². The fourth-order valence-electron chi connectivity index (χ4n) is 2.96. The van der Waals surface area contributed by atoms with Gasteiger partial charge in [-0.1, -0.05) is 24.3 Å². The molecule has 4 aliphatic rings. The van der Waals surface area contributed by atoms with E-state index in [0.717, 1.165) is 0 Å². The molecule has 0 amide bonds. The highest BCUT2D eigenvalue weighted by molar-refractivity contribution is 5.45. The molecule has 5 rings (SSSR count). The van der Waals surface area contributed by atoms with Crippen LogP contribution in [0.15, 0.2) is 24.3 Å². The summed E-state index contributed by atoms with van der Waals surface area (Å²) in [6, 6.07) is 8.28. The first-order valence-electron chi connectivity index (χ1n) is 5.28. The normalized spacial score (nSPS) is 49.7. The lowest BCUT2D eigenvalue weighted by molar-refractivity contribution is -0.445. The van der Waals surface area contributed by atoms with Gasteiger partial charge >= 0.3 is 0 Å². The number of ether oxygens (including phenoxy) is 1. The zero-order valence-corrected chi connectivity index (χ0v) is 8.69. The summed E-state index contributed by atoms with van der Waals surface area (Å²) in [6.45, 7) is 4.07. The van der Waals surface area contributed by atoms with E-state index in [1.807, 2.05) is 26.0 Å². The second-order valence-electron chi connectivity index (χ2n) is 4.90. The van der Waals surface area contributed by atoms with Gasteiger partial charge in [0.15, 0.2) is 11.2 Å². The highest BCUT2D eigenvalue weighted by atomic mass is 17.2. The first-order chi connectivity index (χ1) is 7.16. The van der Waals surface area contributed by atoms with E-state index in [2.05, 4.69) is 12.1 Å². The molecule has 2 bridgehead atoms. The zero-order chi connectivity index (χ0) is 10.3. The van der Waals surface area contributed by atoms with E-state index < -0.39 is 11.2 Å². The van der Waals surface area contributed by atoms with E-state index in [4.69, 9.17) is 14.5 Å². The predicted octanol–water partition coefficient (Wildman–Crippen LogP) is 1.86. The molecule has 0 aromatic heterocycles. The first kappa shape index (κ1) is 8.28. The summed E-state index contributed by atoms with van der Waals surface area (Å²) in [7, 11) is 0. The van der Waals surface area contributed by atoms with Gasteiger partial charge in [0.2, 0.25) is 0 Å². The zero-order valence-electron chi connectivity index (χ0n) is 8.69. The van der Waals surface area contributed by atoms with E-state index >= 15 is 0 Å². The molecule has 2 fully saturated rings. The summed E-state index contributed by atoms with van der Waals surface area (Å²) in [5, 5.41) is 0. The van der Waals surface area contributed by atoms with Gasteiger partial charge in [-0.3, -0.25) is 0 Å². The number of benzene rings is 1. The average molecular weight is 204 g/mol. The van der Waals surface area contributed by atoms with Crippen molar-refractivity contribution in [2.75, 3.05) is 0 Å². The molecule has 0 saturated carbocycles. The standard InChI is InChI=1S/C12H12O3/c1-11-7-5-3-4-6-8(7)12(2,15-14-11)10-9(11)13-10/h3-6,9-10H,1-2H3. The molecule has 1 aliphatic carbocycles. The lowest BCUT2D eigenvalue weighted by Gasteiger charge is -2.46. The van der Waals surface area contributed by atoms with Crippen LogP contribution in [0.5, 0.6) is 0 Å². The topological polar surface area (TPSA) is 31.0 Å². The average Bonchev–Trinajstić information content (AvgIpc) is 3.05. The van der Waals surface area contributed by atoms with Gasteiger partial charge in [-0.05, 0) is 25.0 Å². The smallest absolute Gasteiger partial charge is 0.155 e. The van der Waals surface area contributed by atoms with E-state index in [1.165, 1.54) is 11.1 Å². The Morgan fingerprint density at radius 1 is 0.933 bits per heavy atom. The summed E-state index contributed by atoms with van der Waals surface area (Å²) in [6.07, 6.45) is 0.317. The van der Waals surface area contributed by atoms with Gasteiger partial charge in [-0.2, -0.15) is 0 Å². The minimum absolute atomic E-state index is 0.158. The molecule has 78 valence electrons. The van der Waals surface area contributed by atoms with Crippen LogP contribution in [-0.2, 0) is 25.7 Å². The largest absolute Gasteiger partial charge is 0.362 e. The molecule has 4 atom stereocenters. The summed E-state index contributed by atoms with van der Waals surface area (Å²) in [5.74, 6) is 0. The second kappa shape index (κ2) is 2.12. The maximum atomic E-state index is 5.70. The molecule has 0 N–H and O–H groups in total. The Balaban J connectivity index is 2.07. The molecular weight excluding hydrogens is 192 g/mol. The van der Waals surface area contributed by atoms with Crippen LogP contribution in [0.1, 0.15) is 25.0 Å². The van der Waals surface area contributed by atoms with Gasteiger partial charge in [-0.15, -0.1) is 0 Å². The fraction of sp³-hybridized carbons (Fsp3) is 0.500. The third kappa shape index (κ3) is 0.728. The van der Waals surface area contributed by atoms with E-state index in [0.29, 0.717) is 0 Å². The van der Waals surface area contributed by atoms with E-state index in [-0.39, 0.29) is 12.2 Å². The molecule has 4 unspecified atom stereocenters. The van der Waals surface area contributed by atoms with Crippen LogP contribution in [0, 0.1) is 0 Å². The first-order valence-corrected chi connectivity index (χ1v) is 5.28. The van der Waals surface area contributed by atoms with Crippen LogP contribution in [0.3, 0.4) is 0 Å². The molecule has 1 aromatic carbocycles. The lowest BCUT2D eigenvalue weighted by atomic mass is 9.72. The second-order valence-corrected chi connectivity index (χ2v) is 4.90. The maximum absolute atomic E-state index is 5.70. The fourth-order valence-corrected chi connectivity index (χ4v) is 2.96. The highest BCUT2D eigenvalue weighted by Crippen LogP contribution is 2.61. The minimum Gasteiger partial charge on any atom is -0.362 e. The molecule has 15 heavy (non-hydrogen) atoms. The van der Waals surface area contributed by atoms with E-state index in [1.54, 1.807) is 0 Å². The van der Waals surface area contributed by atoms with Crippen molar-refractivity contribution in [1.29, 1.82) is 0 Å². The molecular formula is C12H12O3. The molecule has 3 heteroatoms. The van der Waals surface area contributed by atoms with Crippen molar-refractivity contribution >= 4 is 0 Å². The van der Waals surface area contributed by atoms with Crippen LogP contribution in [0.25, 0.3) is 0 Å². The summed E-state index contributed by atoms with van der Waals surface area (Å²) in [4.78, 5) is 11.0. The van der Waals surface area contributed by atoms with Crippen molar-refractivity contribution < 1.29 is 14.5 Å². The van der Waals surface area contributed by atoms with Crippen LogP contribution in [0.2, 0.25) is 0 Å². The number of fused-ring (bicyclic) bond motifs is 1. The summed E-state index contributed by atoms with van der Waals surface area (Å²) in [5.41, 5.74) is 1.58. The van der Waals surface area contributed by atoms with Crippen molar-refractivity contribution in [2.45, 2.75) is 37.3 Å². The van der Waals surface area contributed by atoms with Crippen molar-refractivity contribution in [2.24, 2.45) is 0 Å². The Labute approximate surface area is 87.9 Å². The lowest BCUT2D eigenvalue weighted by Crippen LogP contribution is -2.54. The minimum atomic E-state index is -0.418. The molecule has 3 aliphatic heterocycles. The molecule has 3 nitrogen and oxygen atoms in total. The third-order valence-electron chi connectivity index (χ3n) is 3.96. The van der Waals surface area contributed by atoms with Gasteiger partial charge in [-0.25, -0.2) is 9.78 Å². The van der Waals surface area contributed by atoms with Crippen molar-refractivity contribution in [3.63, 3.8) is 0 Å². The number of hydrogen-bond acceptors (Lipinski definition) is 3. The number of hydrogen-bond donors (Lipinski definition) is 0. The van der Waals surface area contributed by atoms with Crippen LogP contribution in [0.4, 0.5) is 0 Å². The Bertz CT molecular complexity index is 417. The van der Waals surface area contributed by atoms with Gasteiger partial charge in [0.25, 0.3) is 0 Å². The van der Waals surface area contributed by atoms with Gasteiger partial charge < -0.3 is 4.74 Å². The maximum Gasteiger partial charge on any atom is 0.155 e. The summed E-state index contributed by atoms with van der Waals surface area (Å²) >= 11 is 0. The Morgan fingerprint density at radius 2 is 1.40 bits per heavy atom. The quantitative estimate of drug-likeness (QED) is 0.477. The van der Waals surface area contributed by atoms with Crippen molar-refractivity contribution in [3.8, 4) is 0 Å². The van der Waals surface area contributed by atoms with Gasteiger partial charge in [0, 0.05) is 0 Å². The molecule has 0 radical (unpaired) electrons. The number of rotatable bonds is 0. The van der Waals surface area contributed by atoms with Gasteiger partial charge in [0.1, 0.15) is 12.2 Å². The molecule has 1 aromatic rings. The summed E-state index contributed by atoms with van der Waals surface area (Å²) < 4.78 is 5.70. The van der Waals surface area contributed by atoms with Crippen LogP contribution in [-0.4, -0.2) is 12.2 Å². The number of epoxide rings is 1. The molecule has 2 saturated heterocycles.